The molecule has 0 aliphatic rings. The third kappa shape index (κ3) is 13.9. The lowest BCUT2D eigenvalue weighted by Gasteiger charge is -2.34. The number of guanidine groups is 1. The summed E-state index contributed by atoms with van der Waals surface area (Å²) in [5, 5.41) is 9.36. The number of carbonyl (C=O) groups excluding carboxylic acids is 1. The van der Waals surface area contributed by atoms with Crippen molar-refractivity contribution < 1.29 is 17.9 Å². The van der Waals surface area contributed by atoms with Crippen LogP contribution >= 0.6 is 24.0 Å². The fraction of sp³-hybridized carbons (Fsp3) is 0.889. The molecule has 0 rings (SSSR count). The molecule has 29 heavy (non-hydrogen) atoms. The van der Waals surface area contributed by atoms with Crippen LogP contribution in [-0.4, -0.2) is 64.0 Å². The molecule has 0 saturated carbocycles. The van der Waals surface area contributed by atoms with Crippen LogP contribution < -0.4 is 20.7 Å². The van der Waals surface area contributed by atoms with Gasteiger partial charge in [0.1, 0.15) is 5.60 Å². The van der Waals surface area contributed by atoms with Gasteiger partial charge in [0, 0.05) is 26.7 Å². The van der Waals surface area contributed by atoms with E-state index in [1.165, 1.54) is 0 Å². The molecule has 0 radical (unpaired) electrons. The van der Waals surface area contributed by atoms with Crippen LogP contribution in [0.15, 0.2) is 4.99 Å². The third-order valence-corrected chi connectivity index (χ3v) is 5.69. The van der Waals surface area contributed by atoms with Crippen molar-refractivity contribution in [2.45, 2.75) is 71.9 Å². The molecular weight excluding hydrogens is 509 g/mol. The van der Waals surface area contributed by atoms with Crippen molar-refractivity contribution in [1.82, 2.24) is 20.7 Å². The number of halogens is 1. The van der Waals surface area contributed by atoms with Gasteiger partial charge in [-0.15, -0.1) is 24.0 Å². The topological polar surface area (TPSA) is 121 Å². The second kappa shape index (κ2) is 14.2. The number of sulfonamides is 1. The number of ether oxygens (including phenoxy) is 1. The van der Waals surface area contributed by atoms with Gasteiger partial charge in [0.05, 0.1) is 11.3 Å². The second-order valence-corrected chi connectivity index (χ2v) is 9.71. The summed E-state index contributed by atoms with van der Waals surface area (Å²) in [6.07, 6.45) is 1.64. The summed E-state index contributed by atoms with van der Waals surface area (Å²) in [6, 6.07) is 0. The normalized spacial score (nSPS) is 12.7. The Labute approximate surface area is 193 Å². The van der Waals surface area contributed by atoms with Crippen molar-refractivity contribution in [3.05, 3.63) is 0 Å². The Morgan fingerprint density at radius 2 is 1.62 bits per heavy atom. The largest absolute Gasteiger partial charge is 0.444 e. The smallest absolute Gasteiger partial charge is 0.408 e. The monoisotopic (exact) mass is 549 g/mol. The molecule has 0 heterocycles. The van der Waals surface area contributed by atoms with Gasteiger partial charge >= 0.3 is 6.09 Å². The Morgan fingerprint density at radius 3 is 2.07 bits per heavy atom. The SMILES string of the molecule is CCC(CC)(CNC(=NC)NCCCNS(=O)(=O)CC)NC(=O)OC(C)(C)C.I. The first-order valence-corrected chi connectivity index (χ1v) is 11.5. The van der Waals surface area contributed by atoms with Crippen LogP contribution in [0.3, 0.4) is 0 Å². The number of alkyl carbamates (subject to hydrolysis) is 1. The maximum Gasteiger partial charge on any atom is 0.408 e. The highest BCUT2D eigenvalue weighted by molar-refractivity contribution is 14.0. The molecule has 0 aliphatic heterocycles. The van der Waals surface area contributed by atoms with Crippen LogP contribution in [0.1, 0.15) is 60.8 Å². The van der Waals surface area contributed by atoms with E-state index in [4.69, 9.17) is 4.74 Å². The molecule has 0 spiro atoms. The lowest BCUT2D eigenvalue weighted by atomic mass is 9.93. The van der Waals surface area contributed by atoms with Gasteiger partial charge in [-0.25, -0.2) is 17.9 Å². The number of rotatable bonds is 11. The Kier molecular flexibility index (Phi) is 14.9. The number of hydrogen-bond acceptors (Lipinski definition) is 5. The first-order valence-electron chi connectivity index (χ1n) is 9.85. The van der Waals surface area contributed by atoms with Gasteiger partial charge in [0.2, 0.25) is 10.0 Å². The minimum Gasteiger partial charge on any atom is -0.444 e. The molecule has 0 aromatic rings. The maximum absolute atomic E-state index is 12.2. The molecule has 9 nitrogen and oxygen atoms in total. The number of hydrogen-bond donors (Lipinski definition) is 4. The average molecular weight is 550 g/mol. The van der Waals surface area contributed by atoms with Crippen LogP contribution in [0.4, 0.5) is 4.79 Å². The van der Waals surface area contributed by atoms with E-state index in [9.17, 15) is 13.2 Å². The molecule has 11 heteroatoms. The summed E-state index contributed by atoms with van der Waals surface area (Å²) in [7, 11) is -1.50. The van der Waals surface area contributed by atoms with E-state index >= 15 is 0 Å². The highest BCUT2D eigenvalue weighted by atomic mass is 127. The first kappa shape index (κ1) is 30.4. The van der Waals surface area contributed by atoms with Crippen LogP contribution in [0.25, 0.3) is 0 Å². The molecule has 0 bridgehead atoms. The molecule has 0 fully saturated rings. The van der Waals surface area contributed by atoms with Gasteiger partial charge in [-0.2, -0.15) is 0 Å². The summed E-state index contributed by atoms with van der Waals surface area (Å²) in [4.78, 5) is 16.4. The second-order valence-electron chi connectivity index (χ2n) is 7.62. The Balaban J connectivity index is 0. The highest BCUT2D eigenvalue weighted by Gasteiger charge is 2.30. The Morgan fingerprint density at radius 1 is 1.03 bits per heavy atom. The van der Waals surface area contributed by atoms with Crippen LogP contribution in [0.2, 0.25) is 0 Å². The molecule has 4 N–H and O–H groups in total. The van der Waals surface area contributed by atoms with Gasteiger partial charge in [0.25, 0.3) is 0 Å². The van der Waals surface area contributed by atoms with Gasteiger partial charge in [-0.05, 0) is 47.0 Å². The highest BCUT2D eigenvalue weighted by Crippen LogP contribution is 2.16. The van der Waals surface area contributed by atoms with Crippen molar-refractivity contribution in [3.63, 3.8) is 0 Å². The van der Waals surface area contributed by atoms with E-state index in [2.05, 4.69) is 25.7 Å². The molecule has 0 aliphatic carbocycles. The fourth-order valence-electron chi connectivity index (χ4n) is 2.34. The quantitative estimate of drug-likeness (QED) is 0.136. The van der Waals surface area contributed by atoms with Crippen LogP contribution in [-0.2, 0) is 14.8 Å². The number of nitrogens with one attached hydrogen (secondary N) is 4. The Bertz CT molecular complexity index is 602. The molecule has 0 atom stereocenters. The fourth-order valence-corrected chi connectivity index (χ4v) is 3.00. The minimum atomic E-state index is -3.16. The van der Waals surface area contributed by atoms with Gasteiger partial charge < -0.3 is 20.7 Å². The summed E-state index contributed by atoms with van der Waals surface area (Å²) < 4.78 is 30.7. The third-order valence-electron chi connectivity index (χ3n) is 4.29. The van der Waals surface area contributed by atoms with E-state index in [0.717, 1.165) is 12.8 Å². The zero-order valence-corrected chi connectivity index (χ0v) is 22.0. The summed E-state index contributed by atoms with van der Waals surface area (Å²) in [5.41, 5.74) is -1.02. The minimum absolute atomic E-state index is 0. The van der Waals surface area contributed by atoms with Gasteiger partial charge in [0.15, 0.2) is 5.96 Å². The lowest BCUT2D eigenvalue weighted by molar-refractivity contribution is 0.0448. The standard InChI is InChI=1S/C18H39N5O4S.HI/c1-8-18(9-2,23-16(24)27-17(4,5)6)14-21-15(19-7)20-12-11-13-22-28(25,26)10-3;/h22H,8-14H2,1-7H3,(H,23,24)(H2,19,20,21);1H. The molecule has 0 aromatic carbocycles. The van der Waals surface area contributed by atoms with Crippen molar-refractivity contribution >= 4 is 46.1 Å². The molecule has 174 valence electrons. The maximum atomic E-state index is 12.2. The molecule has 0 saturated heterocycles. The Hall–Kier alpha value is -0.820. The predicted molar refractivity (Wildman–Crippen MR) is 130 cm³/mol. The summed E-state index contributed by atoms with van der Waals surface area (Å²) in [5.74, 6) is 0.667. The van der Waals surface area contributed by atoms with Crippen molar-refractivity contribution in [3.8, 4) is 0 Å². The summed E-state index contributed by atoms with van der Waals surface area (Å²) in [6.45, 7) is 12.5. The zero-order chi connectivity index (χ0) is 21.8. The number of amides is 1. The molecule has 0 unspecified atom stereocenters. The predicted octanol–water partition coefficient (Wildman–Crippen LogP) is 2.18. The van der Waals surface area contributed by atoms with E-state index in [-0.39, 0.29) is 29.7 Å². The molecular formula is C18H40IN5O4S. The average Bonchev–Trinajstić information content (AvgIpc) is 2.61. The number of aliphatic imine (C=N–C) groups is 1. The van der Waals surface area contributed by atoms with Crippen LogP contribution in [0, 0.1) is 0 Å². The van der Waals surface area contributed by atoms with E-state index < -0.39 is 27.3 Å². The molecule has 1 amide bonds. The number of carbonyl (C=O) groups is 1. The van der Waals surface area contributed by atoms with Gasteiger partial charge in [-0.1, -0.05) is 13.8 Å². The van der Waals surface area contributed by atoms with Crippen molar-refractivity contribution in [2.75, 3.05) is 32.4 Å². The van der Waals surface area contributed by atoms with E-state index in [1.807, 2.05) is 34.6 Å². The van der Waals surface area contributed by atoms with Gasteiger partial charge in [-0.3, -0.25) is 4.99 Å². The number of nitrogens with zero attached hydrogens (tertiary/aromatic N) is 1. The zero-order valence-electron chi connectivity index (χ0n) is 18.8. The first-order chi connectivity index (χ1) is 12.9. The summed E-state index contributed by atoms with van der Waals surface area (Å²) >= 11 is 0. The van der Waals surface area contributed by atoms with Crippen molar-refractivity contribution in [1.29, 1.82) is 0 Å². The van der Waals surface area contributed by atoms with E-state index in [1.54, 1.807) is 14.0 Å². The van der Waals surface area contributed by atoms with Crippen LogP contribution in [0.5, 0.6) is 0 Å². The lowest BCUT2D eigenvalue weighted by Crippen LogP contribution is -2.57. The van der Waals surface area contributed by atoms with Crippen molar-refractivity contribution in [2.24, 2.45) is 4.99 Å². The van der Waals surface area contributed by atoms with E-state index in [0.29, 0.717) is 32.0 Å². The molecule has 0 aromatic heterocycles.